The molecule has 1 aromatic rings. The van der Waals surface area contributed by atoms with Gasteiger partial charge in [-0.3, -0.25) is 4.84 Å². The van der Waals surface area contributed by atoms with Crippen LogP contribution in [-0.4, -0.2) is 0 Å². The van der Waals surface area contributed by atoms with Gasteiger partial charge in [0.25, 0.3) is 0 Å². The molecule has 0 aromatic heterocycles. The van der Waals surface area contributed by atoms with Crippen LogP contribution in [0.25, 0.3) is 0 Å². The SMILES string of the molecule is CC(C)(ON)c1ccc(F)c(Br)c1. The van der Waals surface area contributed by atoms with Crippen LogP contribution in [0.15, 0.2) is 22.7 Å². The van der Waals surface area contributed by atoms with Gasteiger partial charge in [0.2, 0.25) is 0 Å². The fourth-order valence-electron chi connectivity index (χ4n) is 0.939. The molecule has 1 aromatic carbocycles. The lowest BCUT2D eigenvalue weighted by molar-refractivity contribution is -0.0237. The highest BCUT2D eigenvalue weighted by Crippen LogP contribution is 2.26. The Morgan fingerprint density at radius 2 is 2.08 bits per heavy atom. The number of hydrogen-bond donors (Lipinski definition) is 1. The normalized spacial score (nSPS) is 11.8. The Kier molecular flexibility index (Phi) is 3.05. The van der Waals surface area contributed by atoms with Gasteiger partial charge in [-0.1, -0.05) is 6.07 Å². The summed E-state index contributed by atoms with van der Waals surface area (Å²) in [6.45, 7) is 3.62. The average Bonchev–Trinajstić information content (AvgIpc) is 2.09. The van der Waals surface area contributed by atoms with Gasteiger partial charge in [-0.05, 0) is 47.5 Å². The number of nitrogens with two attached hydrogens (primary N) is 1. The van der Waals surface area contributed by atoms with Gasteiger partial charge in [-0.15, -0.1) is 0 Å². The second-order valence-electron chi connectivity index (χ2n) is 3.26. The summed E-state index contributed by atoms with van der Waals surface area (Å²) in [6.07, 6.45) is 0. The molecule has 0 bridgehead atoms. The molecule has 0 amide bonds. The quantitative estimate of drug-likeness (QED) is 0.816. The van der Waals surface area contributed by atoms with Crippen molar-refractivity contribution < 1.29 is 9.23 Å². The van der Waals surface area contributed by atoms with Crippen molar-refractivity contribution in [1.29, 1.82) is 0 Å². The molecule has 0 aliphatic carbocycles. The van der Waals surface area contributed by atoms with E-state index in [1.54, 1.807) is 12.1 Å². The van der Waals surface area contributed by atoms with Gasteiger partial charge in [0, 0.05) is 0 Å². The Morgan fingerprint density at radius 1 is 1.46 bits per heavy atom. The van der Waals surface area contributed by atoms with Gasteiger partial charge in [0.1, 0.15) is 11.4 Å². The first kappa shape index (κ1) is 10.6. The van der Waals surface area contributed by atoms with E-state index in [1.807, 2.05) is 13.8 Å². The highest BCUT2D eigenvalue weighted by Gasteiger charge is 2.21. The predicted octanol–water partition coefficient (Wildman–Crippen LogP) is 2.71. The maximum Gasteiger partial charge on any atom is 0.137 e. The molecule has 13 heavy (non-hydrogen) atoms. The molecule has 2 nitrogen and oxygen atoms in total. The molecular weight excluding hydrogens is 237 g/mol. The van der Waals surface area contributed by atoms with E-state index in [0.29, 0.717) is 4.47 Å². The smallest absolute Gasteiger partial charge is 0.137 e. The van der Waals surface area contributed by atoms with Crippen molar-refractivity contribution in [2.45, 2.75) is 19.4 Å². The van der Waals surface area contributed by atoms with Crippen LogP contribution >= 0.6 is 15.9 Å². The van der Waals surface area contributed by atoms with Gasteiger partial charge >= 0.3 is 0 Å². The van der Waals surface area contributed by atoms with Crippen molar-refractivity contribution in [3.8, 4) is 0 Å². The fourth-order valence-corrected chi connectivity index (χ4v) is 1.32. The molecule has 0 unspecified atom stereocenters. The summed E-state index contributed by atoms with van der Waals surface area (Å²) in [5, 5.41) is 0. The molecule has 2 N–H and O–H groups in total. The van der Waals surface area contributed by atoms with Crippen LogP contribution in [0, 0.1) is 5.82 Å². The lowest BCUT2D eigenvalue weighted by Crippen LogP contribution is -2.25. The van der Waals surface area contributed by atoms with Gasteiger partial charge in [-0.25, -0.2) is 10.3 Å². The third-order valence-corrected chi connectivity index (χ3v) is 2.52. The molecule has 0 saturated carbocycles. The van der Waals surface area contributed by atoms with E-state index in [-0.39, 0.29) is 5.82 Å². The summed E-state index contributed by atoms with van der Waals surface area (Å²) in [5.41, 5.74) is 0.222. The van der Waals surface area contributed by atoms with Crippen molar-refractivity contribution in [2.24, 2.45) is 5.90 Å². The average molecular weight is 248 g/mol. The Bertz CT molecular complexity index is 314. The van der Waals surface area contributed by atoms with Crippen LogP contribution in [0.5, 0.6) is 0 Å². The molecule has 0 aliphatic heterocycles. The Balaban J connectivity index is 3.10. The van der Waals surface area contributed by atoms with Gasteiger partial charge < -0.3 is 0 Å². The monoisotopic (exact) mass is 247 g/mol. The first-order valence-corrected chi connectivity index (χ1v) is 4.60. The lowest BCUT2D eigenvalue weighted by atomic mass is 9.98. The number of halogens is 2. The maximum absolute atomic E-state index is 12.9. The zero-order chi connectivity index (χ0) is 10.1. The first-order valence-electron chi connectivity index (χ1n) is 3.81. The molecule has 0 saturated heterocycles. The zero-order valence-electron chi connectivity index (χ0n) is 7.47. The van der Waals surface area contributed by atoms with Crippen molar-refractivity contribution in [3.05, 3.63) is 34.1 Å². The van der Waals surface area contributed by atoms with Crippen LogP contribution in [0.2, 0.25) is 0 Å². The van der Waals surface area contributed by atoms with E-state index in [0.717, 1.165) is 5.56 Å². The van der Waals surface area contributed by atoms with Gasteiger partial charge in [-0.2, -0.15) is 0 Å². The highest BCUT2D eigenvalue weighted by atomic mass is 79.9. The van der Waals surface area contributed by atoms with Crippen molar-refractivity contribution in [3.63, 3.8) is 0 Å². The third kappa shape index (κ3) is 2.27. The topological polar surface area (TPSA) is 35.2 Å². The molecular formula is C9H11BrFNO. The highest BCUT2D eigenvalue weighted by molar-refractivity contribution is 9.10. The van der Waals surface area contributed by atoms with Crippen LogP contribution in [0.4, 0.5) is 4.39 Å². The standard InChI is InChI=1S/C9H11BrFNO/c1-9(2,13-12)6-3-4-8(11)7(10)5-6/h3-5H,12H2,1-2H3. The number of rotatable bonds is 2. The van der Waals surface area contributed by atoms with E-state index in [9.17, 15) is 4.39 Å². The third-order valence-electron chi connectivity index (χ3n) is 1.91. The van der Waals surface area contributed by atoms with Crippen LogP contribution in [0.3, 0.4) is 0 Å². The van der Waals surface area contributed by atoms with Crippen LogP contribution in [0.1, 0.15) is 19.4 Å². The van der Waals surface area contributed by atoms with Gasteiger partial charge in [0.05, 0.1) is 4.47 Å². The molecule has 0 radical (unpaired) electrons. The van der Waals surface area contributed by atoms with Crippen molar-refractivity contribution in [2.75, 3.05) is 0 Å². The Labute approximate surface area is 85.0 Å². The molecule has 0 atom stereocenters. The Hall–Kier alpha value is -0.450. The van der Waals surface area contributed by atoms with E-state index in [4.69, 9.17) is 10.7 Å². The number of benzene rings is 1. The molecule has 0 fully saturated rings. The molecule has 0 heterocycles. The minimum atomic E-state index is -0.601. The zero-order valence-corrected chi connectivity index (χ0v) is 9.06. The van der Waals surface area contributed by atoms with Crippen LogP contribution < -0.4 is 5.90 Å². The second kappa shape index (κ2) is 3.74. The minimum absolute atomic E-state index is 0.295. The van der Waals surface area contributed by atoms with E-state index in [2.05, 4.69) is 15.9 Å². The molecule has 0 spiro atoms. The van der Waals surface area contributed by atoms with Crippen molar-refractivity contribution in [1.82, 2.24) is 0 Å². The largest absolute Gasteiger partial charge is 0.294 e. The fraction of sp³-hybridized carbons (Fsp3) is 0.333. The minimum Gasteiger partial charge on any atom is -0.294 e. The van der Waals surface area contributed by atoms with E-state index in [1.165, 1.54) is 6.07 Å². The summed E-state index contributed by atoms with van der Waals surface area (Å²) in [5.74, 6) is 4.82. The van der Waals surface area contributed by atoms with E-state index >= 15 is 0 Å². The lowest BCUT2D eigenvalue weighted by Gasteiger charge is -2.22. The maximum atomic E-state index is 12.9. The Morgan fingerprint density at radius 3 is 2.54 bits per heavy atom. The molecule has 1 rings (SSSR count). The molecule has 72 valence electrons. The predicted molar refractivity (Wildman–Crippen MR) is 52.4 cm³/mol. The number of hydrogen-bond acceptors (Lipinski definition) is 2. The summed E-state index contributed by atoms with van der Waals surface area (Å²) < 4.78 is 13.3. The summed E-state index contributed by atoms with van der Waals surface area (Å²) in [6, 6.07) is 4.68. The van der Waals surface area contributed by atoms with Crippen LogP contribution in [-0.2, 0) is 10.4 Å². The van der Waals surface area contributed by atoms with Crippen molar-refractivity contribution >= 4 is 15.9 Å². The van der Waals surface area contributed by atoms with Gasteiger partial charge in [0.15, 0.2) is 0 Å². The summed E-state index contributed by atoms with van der Waals surface area (Å²) >= 11 is 3.10. The second-order valence-corrected chi connectivity index (χ2v) is 4.11. The first-order chi connectivity index (χ1) is 5.97. The molecule has 4 heteroatoms. The molecule has 0 aliphatic rings. The van der Waals surface area contributed by atoms with E-state index < -0.39 is 5.60 Å². The summed E-state index contributed by atoms with van der Waals surface area (Å²) in [4.78, 5) is 4.78. The summed E-state index contributed by atoms with van der Waals surface area (Å²) in [7, 11) is 0.